The van der Waals surface area contributed by atoms with Gasteiger partial charge in [-0.1, -0.05) is 29.8 Å². The van der Waals surface area contributed by atoms with Crippen LogP contribution in [0.1, 0.15) is 5.56 Å². The minimum Gasteiger partial charge on any atom is -0.357 e. The second kappa shape index (κ2) is 6.36. The number of nitrogens with one attached hydrogen (secondary N) is 1. The average molecular weight is 308 g/mol. The summed E-state index contributed by atoms with van der Waals surface area (Å²) in [7, 11) is 3.37. The van der Waals surface area contributed by atoms with Gasteiger partial charge in [-0.25, -0.2) is 4.98 Å². The van der Waals surface area contributed by atoms with Crippen LogP contribution in [-0.2, 0) is 6.54 Å². The Kier molecular flexibility index (Phi) is 4.54. The molecule has 8 heteroatoms. The summed E-state index contributed by atoms with van der Waals surface area (Å²) in [5, 5.41) is 14.5. The fourth-order valence-corrected chi connectivity index (χ4v) is 2.05. The molecule has 0 radical (unpaired) electrons. The normalized spacial score (nSPS) is 10.2. The second-order valence-corrected chi connectivity index (χ2v) is 4.76. The molecule has 0 saturated heterocycles. The van der Waals surface area contributed by atoms with Crippen molar-refractivity contribution in [3.05, 3.63) is 51.2 Å². The average Bonchev–Trinajstić information content (AvgIpc) is 2.48. The standard InChI is InChI=1S/C13H14ClN5O2/c1-15-13-16-7-11(19(20)21)12(17-13)18(2)8-9-5-3-4-6-10(9)14/h3-7H,8H2,1-2H3,(H,15,16,17). The predicted molar refractivity (Wildman–Crippen MR) is 81.8 cm³/mol. The molecule has 1 aromatic heterocycles. The highest BCUT2D eigenvalue weighted by molar-refractivity contribution is 6.31. The van der Waals surface area contributed by atoms with Crippen LogP contribution in [0.2, 0.25) is 5.02 Å². The lowest BCUT2D eigenvalue weighted by atomic mass is 10.2. The first-order chi connectivity index (χ1) is 10.0. The van der Waals surface area contributed by atoms with Gasteiger partial charge in [-0.05, 0) is 11.6 Å². The minimum absolute atomic E-state index is 0.149. The SMILES string of the molecule is CNc1ncc([N+](=O)[O-])c(N(C)Cc2ccccc2Cl)n1. The fourth-order valence-electron chi connectivity index (χ4n) is 1.85. The summed E-state index contributed by atoms with van der Waals surface area (Å²) < 4.78 is 0. The van der Waals surface area contributed by atoms with E-state index in [-0.39, 0.29) is 11.5 Å². The van der Waals surface area contributed by atoms with Crippen molar-refractivity contribution in [1.29, 1.82) is 0 Å². The van der Waals surface area contributed by atoms with Crippen LogP contribution in [-0.4, -0.2) is 29.0 Å². The monoisotopic (exact) mass is 307 g/mol. The Balaban J connectivity index is 2.35. The van der Waals surface area contributed by atoms with Gasteiger partial charge in [0.15, 0.2) is 0 Å². The fraction of sp³-hybridized carbons (Fsp3) is 0.231. The molecule has 1 heterocycles. The number of nitro groups is 1. The van der Waals surface area contributed by atoms with E-state index in [4.69, 9.17) is 11.6 Å². The van der Waals surface area contributed by atoms with Crippen LogP contribution in [0.15, 0.2) is 30.5 Å². The van der Waals surface area contributed by atoms with Crippen molar-refractivity contribution >= 4 is 29.1 Å². The molecule has 0 unspecified atom stereocenters. The molecule has 0 aliphatic rings. The molecule has 0 amide bonds. The van der Waals surface area contributed by atoms with Crippen molar-refractivity contribution < 1.29 is 4.92 Å². The van der Waals surface area contributed by atoms with E-state index in [1.807, 2.05) is 18.2 Å². The number of aromatic nitrogens is 2. The van der Waals surface area contributed by atoms with Crippen LogP contribution in [0.5, 0.6) is 0 Å². The molecular weight excluding hydrogens is 294 g/mol. The van der Waals surface area contributed by atoms with Crippen LogP contribution in [0.4, 0.5) is 17.5 Å². The Morgan fingerprint density at radius 1 is 1.43 bits per heavy atom. The molecule has 0 fully saturated rings. The third-order valence-electron chi connectivity index (χ3n) is 2.90. The van der Waals surface area contributed by atoms with Gasteiger partial charge < -0.3 is 10.2 Å². The highest BCUT2D eigenvalue weighted by Gasteiger charge is 2.21. The molecule has 0 bridgehead atoms. The Morgan fingerprint density at radius 2 is 2.14 bits per heavy atom. The molecule has 110 valence electrons. The van der Waals surface area contributed by atoms with Gasteiger partial charge in [-0.15, -0.1) is 0 Å². The van der Waals surface area contributed by atoms with E-state index in [1.54, 1.807) is 25.1 Å². The smallest absolute Gasteiger partial charge is 0.329 e. The van der Waals surface area contributed by atoms with Gasteiger partial charge >= 0.3 is 5.69 Å². The summed E-state index contributed by atoms with van der Waals surface area (Å²) in [6.07, 6.45) is 1.19. The molecule has 7 nitrogen and oxygen atoms in total. The third kappa shape index (κ3) is 3.38. The highest BCUT2D eigenvalue weighted by atomic mass is 35.5. The molecule has 21 heavy (non-hydrogen) atoms. The van der Waals surface area contributed by atoms with E-state index >= 15 is 0 Å². The van der Waals surface area contributed by atoms with Crippen molar-refractivity contribution in [3.8, 4) is 0 Å². The van der Waals surface area contributed by atoms with Crippen LogP contribution in [0.3, 0.4) is 0 Å². The number of hydrogen-bond donors (Lipinski definition) is 1. The summed E-state index contributed by atoms with van der Waals surface area (Å²) >= 11 is 6.11. The lowest BCUT2D eigenvalue weighted by molar-refractivity contribution is -0.384. The molecule has 0 spiro atoms. The molecule has 1 aromatic carbocycles. The van der Waals surface area contributed by atoms with Crippen molar-refractivity contribution in [2.24, 2.45) is 0 Å². The number of anilines is 2. The second-order valence-electron chi connectivity index (χ2n) is 4.36. The predicted octanol–water partition coefficient (Wildman–Crippen LogP) is 2.72. The minimum atomic E-state index is -0.502. The molecular formula is C13H14ClN5O2. The Labute approximate surface area is 126 Å². The number of benzene rings is 1. The van der Waals surface area contributed by atoms with Crippen LogP contribution in [0, 0.1) is 10.1 Å². The van der Waals surface area contributed by atoms with E-state index in [2.05, 4.69) is 15.3 Å². The molecule has 2 rings (SSSR count). The van der Waals surface area contributed by atoms with Crippen molar-refractivity contribution in [2.45, 2.75) is 6.54 Å². The van der Waals surface area contributed by atoms with Gasteiger partial charge in [-0.2, -0.15) is 4.98 Å². The molecule has 0 atom stereocenters. The quantitative estimate of drug-likeness (QED) is 0.675. The first-order valence-corrected chi connectivity index (χ1v) is 6.54. The summed E-state index contributed by atoms with van der Waals surface area (Å²) in [6.45, 7) is 0.403. The molecule has 0 aliphatic heterocycles. The zero-order chi connectivity index (χ0) is 15.4. The maximum Gasteiger partial charge on any atom is 0.329 e. The summed E-state index contributed by atoms with van der Waals surface area (Å²) in [5.41, 5.74) is 0.712. The number of halogens is 1. The van der Waals surface area contributed by atoms with E-state index in [1.165, 1.54) is 6.20 Å². The summed E-state index contributed by atoms with van der Waals surface area (Å²) in [6, 6.07) is 7.34. The Hall–Kier alpha value is -2.41. The van der Waals surface area contributed by atoms with Crippen LogP contribution in [0.25, 0.3) is 0 Å². The van der Waals surface area contributed by atoms with Gasteiger partial charge in [0.1, 0.15) is 6.20 Å². The Morgan fingerprint density at radius 3 is 2.76 bits per heavy atom. The molecule has 0 aliphatic carbocycles. The maximum atomic E-state index is 11.1. The highest BCUT2D eigenvalue weighted by Crippen LogP contribution is 2.27. The van der Waals surface area contributed by atoms with Crippen molar-refractivity contribution in [1.82, 2.24) is 9.97 Å². The van der Waals surface area contributed by atoms with Gasteiger partial charge in [0.25, 0.3) is 0 Å². The van der Waals surface area contributed by atoms with Crippen molar-refractivity contribution in [2.75, 3.05) is 24.3 Å². The first kappa shape index (κ1) is 15.0. The third-order valence-corrected chi connectivity index (χ3v) is 3.27. The van der Waals surface area contributed by atoms with Gasteiger partial charge in [-0.3, -0.25) is 10.1 Å². The zero-order valence-electron chi connectivity index (χ0n) is 11.6. The lowest BCUT2D eigenvalue weighted by Crippen LogP contribution is -2.20. The van der Waals surface area contributed by atoms with Gasteiger partial charge in [0.05, 0.1) is 4.92 Å². The van der Waals surface area contributed by atoms with Gasteiger partial charge in [0.2, 0.25) is 11.8 Å². The number of rotatable bonds is 5. The van der Waals surface area contributed by atoms with Crippen LogP contribution >= 0.6 is 11.6 Å². The maximum absolute atomic E-state index is 11.1. The molecule has 2 aromatic rings. The summed E-state index contributed by atoms with van der Waals surface area (Å²) in [4.78, 5) is 20.3. The van der Waals surface area contributed by atoms with E-state index in [9.17, 15) is 10.1 Å². The van der Waals surface area contributed by atoms with Crippen molar-refractivity contribution in [3.63, 3.8) is 0 Å². The topological polar surface area (TPSA) is 84.2 Å². The van der Waals surface area contributed by atoms with Crippen LogP contribution < -0.4 is 10.2 Å². The largest absolute Gasteiger partial charge is 0.357 e. The van der Waals surface area contributed by atoms with E-state index in [0.29, 0.717) is 17.5 Å². The summed E-state index contributed by atoms with van der Waals surface area (Å²) in [5.74, 6) is 0.556. The number of nitrogens with zero attached hydrogens (tertiary/aromatic N) is 4. The zero-order valence-corrected chi connectivity index (χ0v) is 12.3. The number of hydrogen-bond acceptors (Lipinski definition) is 6. The van der Waals surface area contributed by atoms with E-state index < -0.39 is 4.92 Å². The Bertz CT molecular complexity index is 665. The van der Waals surface area contributed by atoms with E-state index in [0.717, 1.165) is 5.56 Å². The lowest BCUT2D eigenvalue weighted by Gasteiger charge is -2.19. The van der Waals surface area contributed by atoms with Gasteiger partial charge in [0, 0.05) is 25.7 Å². The molecule has 0 saturated carbocycles. The molecule has 1 N–H and O–H groups in total. The first-order valence-electron chi connectivity index (χ1n) is 6.16.